The molecule has 2 heteroatoms. The summed E-state index contributed by atoms with van der Waals surface area (Å²) in [4.78, 5) is 2.38. The Morgan fingerprint density at radius 3 is 1.67 bits per heavy atom. The number of hydrogen-bond donors (Lipinski definition) is 0. The summed E-state index contributed by atoms with van der Waals surface area (Å²) in [5.41, 5.74) is 12.2. The van der Waals surface area contributed by atoms with Gasteiger partial charge in [0.05, 0.1) is 11.1 Å². The van der Waals surface area contributed by atoms with E-state index in [-0.39, 0.29) is 0 Å². The van der Waals surface area contributed by atoms with Crippen LogP contribution in [0.2, 0.25) is 0 Å². The third kappa shape index (κ3) is 5.57. The van der Waals surface area contributed by atoms with E-state index in [4.69, 9.17) is 4.42 Å². The maximum atomic E-state index is 6.71. The Labute approximate surface area is 347 Å². The van der Waals surface area contributed by atoms with Crippen LogP contribution in [0.4, 0.5) is 17.1 Å². The van der Waals surface area contributed by atoms with Gasteiger partial charge in [-0.2, -0.15) is 0 Å². The molecule has 0 aliphatic rings. The summed E-state index contributed by atoms with van der Waals surface area (Å²) in [6.07, 6.45) is 0. The molecule has 60 heavy (non-hydrogen) atoms. The van der Waals surface area contributed by atoms with Crippen molar-refractivity contribution in [3.05, 3.63) is 224 Å². The SMILES string of the molecule is c1cc(-c2ccc(N(c3ccc(-c4cc5ccccc5c5ccccc45)cc3)c3cccc4oc5c6ccccc6ccc5c34)cc2)cc(-c2cccc3ccccc23)c1. The first-order chi connectivity index (χ1) is 29.7. The number of rotatable bonds is 6. The maximum absolute atomic E-state index is 6.71. The lowest BCUT2D eigenvalue weighted by Crippen LogP contribution is -2.10. The second-order valence-corrected chi connectivity index (χ2v) is 15.6. The van der Waals surface area contributed by atoms with Crippen LogP contribution in [0, 0.1) is 0 Å². The molecule has 12 rings (SSSR count). The van der Waals surface area contributed by atoms with Crippen molar-refractivity contribution >= 4 is 82.1 Å². The average molecular weight is 764 g/mol. The van der Waals surface area contributed by atoms with E-state index in [2.05, 4.69) is 229 Å². The summed E-state index contributed by atoms with van der Waals surface area (Å²) in [7, 11) is 0. The number of furan rings is 1. The van der Waals surface area contributed by atoms with Crippen LogP contribution in [0.1, 0.15) is 0 Å². The molecular formula is C58H37NO. The van der Waals surface area contributed by atoms with Crippen molar-refractivity contribution in [3.63, 3.8) is 0 Å². The molecule has 11 aromatic carbocycles. The Bertz CT molecular complexity index is 3590. The van der Waals surface area contributed by atoms with Gasteiger partial charge in [0.25, 0.3) is 0 Å². The molecule has 0 unspecified atom stereocenters. The van der Waals surface area contributed by atoms with Crippen LogP contribution in [0.15, 0.2) is 229 Å². The van der Waals surface area contributed by atoms with E-state index in [1.54, 1.807) is 0 Å². The lowest BCUT2D eigenvalue weighted by atomic mass is 9.93. The van der Waals surface area contributed by atoms with Crippen molar-refractivity contribution in [3.8, 4) is 33.4 Å². The lowest BCUT2D eigenvalue weighted by Gasteiger charge is -2.27. The zero-order valence-corrected chi connectivity index (χ0v) is 32.7. The average Bonchev–Trinajstić information content (AvgIpc) is 3.72. The topological polar surface area (TPSA) is 16.4 Å². The minimum absolute atomic E-state index is 0.866. The molecule has 0 aliphatic carbocycles. The molecule has 2 nitrogen and oxygen atoms in total. The summed E-state index contributed by atoms with van der Waals surface area (Å²) < 4.78 is 6.71. The van der Waals surface area contributed by atoms with E-state index in [0.717, 1.165) is 50.0 Å². The molecule has 0 saturated carbocycles. The number of benzene rings is 11. The second kappa shape index (κ2) is 13.9. The molecule has 12 aromatic rings. The highest BCUT2D eigenvalue weighted by Gasteiger charge is 2.21. The number of fused-ring (bicyclic) bond motifs is 9. The van der Waals surface area contributed by atoms with Gasteiger partial charge in [0.15, 0.2) is 0 Å². The molecule has 0 saturated heterocycles. The minimum atomic E-state index is 0.866. The number of nitrogens with zero attached hydrogens (tertiary/aromatic N) is 1. The van der Waals surface area contributed by atoms with Gasteiger partial charge in [0.1, 0.15) is 11.2 Å². The molecule has 0 atom stereocenters. The van der Waals surface area contributed by atoms with E-state index in [0.29, 0.717) is 0 Å². The Hall–Kier alpha value is -7.94. The van der Waals surface area contributed by atoms with Gasteiger partial charge in [-0.05, 0) is 126 Å². The van der Waals surface area contributed by atoms with Gasteiger partial charge in [0.2, 0.25) is 0 Å². The van der Waals surface area contributed by atoms with Gasteiger partial charge in [-0.25, -0.2) is 0 Å². The van der Waals surface area contributed by atoms with Crippen LogP contribution >= 0.6 is 0 Å². The molecule has 0 spiro atoms. The number of anilines is 3. The van der Waals surface area contributed by atoms with Crippen molar-refractivity contribution in [2.24, 2.45) is 0 Å². The van der Waals surface area contributed by atoms with E-state index >= 15 is 0 Å². The van der Waals surface area contributed by atoms with E-state index in [9.17, 15) is 0 Å². The van der Waals surface area contributed by atoms with Gasteiger partial charge in [-0.3, -0.25) is 0 Å². The largest absolute Gasteiger partial charge is 0.455 e. The molecule has 0 amide bonds. The first-order valence-electron chi connectivity index (χ1n) is 20.6. The summed E-state index contributed by atoms with van der Waals surface area (Å²) in [5.74, 6) is 0. The quantitative estimate of drug-likeness (QED) is 0.157. The van der Waals surface area contributed by atoms with Crippen molar-refractivity contribution in [2.45, 2.75) is 0 Å². The maximum Gasteiger partial charge on any atom is 0.143 e. The van der Waals surface area contributed by atoms with Gasteiger partial charge >= 0.3 is 0 Å². The van der Waals surface area contributed by atoms with E-state index in [1.165, 1.54) is 65.5 Å². The molecule has 0 fully saturated rings. The van der Waals surface area contributed by atoms with E-state index in [1.807, 2.05) is 0 Å². The molecule has 0 radical (unpaired) electrons. The highest BCUT2D eigenvalue weighted by atomic mass is 16.3. The molecule has 0 aliphatic heterocycles. The second-order valence-electron chi connectivity index (χ2n) is 15.6. The van der Waals surface area contributed by atoms with Crippen LogP contribution in [0.25, 0.3) is 98.4 Å². The van der Waals surface area contributed by atoms with Crippen molar-refractivity contribution in [1.82, 2.24) is 0 Å². The smallest absolute Gasteiger partial charge is 0.143 e. The fourth-order valence-electron chi connectivity index (χ4n) is 9.38. The molecule has 0 N–H and O–H groups in total. The highest BCUT2D eigenvalue weighted by molar-refractivity contribution is 6.20. The third-order valence-electron chi connectivity index (χ3n) is 12.2. The zero-order chi connectivity index (χ0) is 39.6. The normalized spacial score (nSPS) is 11.7. The molecule has 1 aromatic heterocycles. The van der Waals surface area contributed by atoms with Gasteiger partial charge < -0.3 is 9.32 Å². The van der Waals surface area contributed by atoms with Crippen LogP contribution in [0.3, 0.4) is 0 Å². The Morgan fingerprint density at radius 2 is 0.883 bits per heavy atom. The Balaban J connectivity index is 1.00. The predicted octanol–water partition coefficient (Wildman–Crippen LogP) is 16.7. The molecule has 1 heterocycles. The lowest BCUT2D eigenvalue weighted by molar-refractivity contribution is 0.672. The third-order valence-corrected chi connectivity index (χ3v) is 12.2. The molecule has 0 bridgehead atoms. The summed E-state index contributed by atoms with van der Waals surface area (Å²) >= 11 is 0. The van der Waals surface area contributed by atoms with E-state index < -0.39 is 0 Å². The minimum Gasteiger partial charge on any atom is -0.455 e. The van der Waals surface area contributed by atoms with Crippen LogP contribution in [-0.2, 0) is 0 Å². The van der Waals surface area contributed by atoms with Crippen LogP contribution in [-0.4, -0.2) is 0 Å². The fourth-order valence-corrected chi connectivity index (χ4v) is 9.38. The van der Waals surface area contributed by atoms with Crippen molar-refractivity contribution in [1.29, 1.82) is 0 Å². The van der Waals surface area contributed by atoms with Crippen LogP contribution < -0.4 is 4.90 Å². The van der Waals surface area contributed by atoms with Crippen LogP contribution in [0.5, 0.6) is 0 Å². The fraction of sp³-hybridized carbons (Fsp3) is 0. The van der Waals surface area contributed by atoms with Crippen molar-refractivity contribution < 1.29 is 4.42 Å². The predicted molar refractivity (Wildman–Crippen MR) is 255 cm³/mol. The highest BCUT2D eigenvalue weighted by Crippen LogP contribution is 2.45. The van der Waals surface area contributed by atoms with Gasteiger partial charge in [0, 0.05) is 22.1 Å². The van der Waals surface area contributed by atoms with Gasteiger partial charge in [-0.15, -0.1) is 0 Å². The molecule has 280 valence electrons. The molecular weight excluding hydrogens is 727 g/mol. The van der Waals surface area contributed by atoms with Gasteiger partial charge in [-0.1, -0.05) is 170 Å². The monoisotopic (exact) mass is 763 g/mol. The summed E-state index contributed by atoms with van der Waals surface area (Å²) in [6.45, 7) is 0. The summed E-state index contributed by atoms with van der Waals surface area (Å²) in [6, 6.07) is 81.2. The van der Waals surface area contributed by atoms with Crippen molar-refractivity contribution in [2.75, 3.05) is 4.90 Å². The summed E-state index contributed by atoms with van der Waals surface area (Å²) in [5, 5.41) is 12.0. The Kier molecular flexibility index (Phi) is 7.89. The first-order valence-corrected chi connectivity index (χ1v) is 20.6. The number of hydrogen-bond acceptors (Lipinski definition) is 2. The Morgan fingerprint density at radius 1 is 0.300 bits per heavy atom. The zero-order valence-electron chi connectivity index (χ0n) is 32.7. The first kappa shape index (κ1) is 34.1. The standard InChI is InChI=1S/C58H37NO/c1-4-18-47-39(12-1)15-10-23-48(47)43-17-9-16-42(36-43)38-26-31-45(32-27-38)59(55-24-11-25-56-57(55)53-35-30-40-13-2-6-20-50(40)58(53)60-56)46-33-28-41(29-34-46)54-37-44-14-3-5-19-49(44)51-21-7-8-22-52(51)54/h1-37H.